The number of carbonyl (C=O) groups excluding carboxylic acids is 2. The first-order valence-corrected chi connectivity index (χ1v) is 7.40. The highest BCUT2D eigenvalue weighted by atomic mass is 32.2. The Balaban J connectivity index is 2.03. The minimum absolute atomic E-state index is 0.296. The molecule has 2 rings (SSSR count). The molecule has 22 heavy (non-hydrogen) atoms. The van der Waals surface area contributed by atoms with Gasteiger partial charge in [-0.25, -0.2) is 0 Å². The van der Waals surface area contributed by atoms with E-state index in [9.17, 15) is 9.59 Å². The number of ether oxygens (including phenoxy) is 1. The van der Waals surface area contributed by atoms with Crippen molar-refractivity contribution in [3.05, 3.63) is 58.9 Å². The van der Waals surface area contributed by atoms with Crippen LogP contribution in [0.15, 0.2) is 52.0 Å². The van der Waals surface area contributed by atoms with Gasteiger partial charge in [-0.3, -0.25) is 9.59 Å². The van der Waals surface area contributed by atoms with E-state index in [1.54, 1.807) is 30.5 Å². The first-order chi connectivity index (χ1) is 10.7. The molecular weight excluding hydrogens is 302 g/mol. The molecule has 0 saturated heterocycles. The molecule has 0 saturated carbocycles. The van der Waals surface area contributed by atoms with Gasteiger partial charge in [-0.15, -0.1) is 0 Å². The van der Waals surface area contributed by atoms with E-state index in [1.807, 2.05) is 18.2 Å². The van der Waals surface area contributed by atoms with E-state index in [-0.39, 0.29) is 5.91 Å². The molecule has 1 amide bonds. The van der Waals surface area contributed by atoms with Crippen molar-refractivity contribution in [3.63, 3.8) is 0 Å². The molecule has 0 aliphatic rings. The van der Waals surface area contributed by atoms with Gasteiger partial charge in [-0.05, 0) is 47.7 Å². The van der Waals surface area contributed by atoms with E-state index in [1.165, 1.54) is 7.05 Å². The number of nitrogens with one attached hydrogen (secondary N) is 1. The fourth-order valence-electron chi connectivity index (χ4n) is 1.69. The molecule has 1 aromatic heterocycles. The first-order valence-electron chi connectivity index (χ1n) is 6.52. The monoisotopic (exact) mass is 317 g/mol. The third-order valence-electron chi connectivity index (χ3n) is 2.76. The van der Waals surface area contributed by atoms with E-state index in [0.717, 1.165) is 23.1 Å². The van der Waals surface area contributed by atoms with Gasteiger partial charge in [0.2, 0.25) is 0 Å². The van der Waals surface area contributed by atoms with Crippen LogP contribution < -0.4 is 10.1 Å². The van der Waals surface area contributed by atoms with Crippen molar-refractivity contribution >= 4 is 29.4 Å². The van der Waals surface area contributed by atoms with E-state index in [2.05, 4.69) is 5.32 Å². The molecule has 2 aromatic rings. The number of amides is 1. The number of carbonyl (C=O) groups is 2. The predicted molar refractivity (Wildman–Crippen MR) is 85.9 cm³/mol. The van der Waals surface area contributed by atoms with Crippen molar-refractivity contribution in [1.82, 2.24) is 5.32 Å². The average Bonchev–Trinajstić information content (AvgIpc) is 3.06. The Morgan fingerprint density at radius 1 is 1.32 bits per heavy atom. The van der Waals surface area contributed by atoms with Crippen molar-refractivity contribution in [2.75, 3.05) is 7.05 Å². The topological polar surface area (TPSA) is 68.5 Å². The zero-order valence-electron chi connectivity index (χ0n) is 11.9. The van der Waals surface area contributed by atoms with Crippen LogP contribution in [0.4, 0.5) is 0 Å². The molecule has 6 heteroatoms. The number of benzene rings is 1. The molecule has 0 bridgehead atoms. The van der Waals surface area contributed by atoms with Gasteiger partial charge in [0.25, 0.3) is 5.91 Å². The van der Waals surface area contributed by atoms with E-state index >= 15 is 0 Å². The second-order valence-electron chi connectivity index (χ2n) is 4.24. The predicted octanol–water partition coefficient (Wildman–Crippen LogP) is 2.87. The highest BCUT2D eigenvalue weighted by Crippen LogP contribution is 2.20. The second-order valence-corrected chi connectivity index (χ2v) is 5.11. The quantitative estimate of drug-likeness (QED) is 0.628. The summed E-state index contributed by atoms with van der Waals surface area (Å²) in [6.45, 7) is 0.354. The molecule has 1 heterocycles. The Labute approximate surface area is 132 Å². The molecule has 0 unspecified atom stereocenters. The van der Waals surface area contributed by atoms with Gasteiger partial charge in [-0.2, -0.15) is 0 Å². The second kappa shape index (κ2) is 8.09. The summed E-state index contributed by atoms with van der Waals surface area (Å²) in [4.78, 5) is 22.5. The Morgan fingerprint density at radius 2 is 2.09 bits per heavy atom. The lowest BCUT2D eigenvalue weighted by Crippen LogP contribution is -2.18. The number of rotatable bonds is 7. The maximum Gasteiger partial charge on any atom is 0.257 e. The summed E-state index contributed by atoms with van der Waals surface area (Å²) in [7, 11) is 1.52. The minimum atomic E-state index is -0.296. The number of hydrogen-bond donors (Lipinski definition) is 1. The summed E-state index contributed by atoms with van der Waals surface area (Å²) in [5.74, 6) is 1.14. The SMILES string of the molecule is CNC(=O)/C(=C/c1ccc(OCc2ccco2)cc1)SC=O. The summed E-state index contributed by atoms with van der Waals surface area (Å²) in [5.41, 5.74) is 1.43. The third kappa shape index (κ3) is 4.53. The number of furan rings is 1. The molecule has 0 spiro atoms. The fraction of sp³-hybridized carbons (Fsp3) is 0.125. The number of likely N-dealkylation sites (N-methyl/N-ethyl adjacent to an activating group) is 1. The molecule has 5 nitrogen and oxygen atoms in total. The molecule has 0 atom stereocenters. The third-order valence-corrected chi connectivity index (χ3v) is 3.42. The molecule has 114 valence electrons. The van der Waals surface area contributed by atoms with Crippen molar-refractivity contribution in [2.24, 2.45) is 0 Å². The summed E-state index contributed by atoms with van der Waals surface area (Å²) >= 11 is 0.842. The van der Waals surface area contributed by atoms with Crippen molar-refractivity contribution in [3.8, 4) is 5.75 Å². The van der Waals surface area contributed by atoms with Crippen LogP contribution in [-0.4, -0.2) is 18.6 Å². The molecule has 0 aliphatic carbocycles. The highest BCUT2D eigenvalue weighted by Gasteiger charge is 2.07. The smallest absolute Gasteiger partial charge is 0.257 e. The normalized spacial score (nSPS) is 11.0. The molecular formula is C16H15NO4S. The zero-order chi connectivity index (χ0) is 15.8. The number of hydrogen-bond acceptors (Lipinski definition) is 5. The fourth-order valence-corrected chi connectivity index (χ4v) is 2.21. The number of thioether (sulfide) groups is 1. The lowest BCUT2D eigenvalue weighted by Gasteiger charge is -2.05. The van der Waals surface area contributed by atoms with Gasteiger partial charge >= 0.3 is 0 Å². The average molecular weight is 317 g/mol. The standard InChI is InChI=1S/C16H15NO4S/c1-17-16(19)15(22-11-18)9-12-4-6-13(7-5-12)21-10-14-3-2-8-20-14/h2-9,11H,10H2,1H3,(H,17,19)/b15-9-. The Hall–Kier alpha value is -2.47. The zero-order valence-corrected chi connectivity index (χ0v) is 12.8. The van der Waals surface area contributed by atoms with Crippen molar-refractivity contribution in [2.45, 2.75) is 6.61 Å². The highest BCUT2D eigenvalue weighted by molar-refractivity contribution is 8.16. The van der Waals surface area contributed by atoms with E-state index in [4.69, 9.17) is 9.15 Å². The van der Waals surface area contributed by atoms with Crippen LogP contribution in [0.2, 0.25) is 0 Å². The lowest BCUT2D eigenvalue weighted by molar-refractivity contribution is -0.116. The Kier molecular flexibility index (Phi) is 5.85. The minimum Gasteiger partial charge on any atom is -0.486 e. The molecule has 0 aliphatic heterocycles. The van der Waals surface area contributed by atoms with Gasteiger partial charge in [0.05, 0.1) is 11.2 Å². The summed E-state index contributed by atoms with van der Waals surface area (Å²) in [5, 5.41) is 2.50. The van der Waals surface area contributed by atoms with Crippen LogP contribution in [0.3, 0.4) is 0 Å². The van der Waals surface area contributed by atoms with Crippen LogP contribution >= 0.6 is 11.8 Å². The summed E-state index contributed by atoms with van der Waals surface area (Å²) in [6.07, 6.45) is 3.24. The molecule has 0 radical (unpaired) electrons. The maximum atomic E-state index is 11.6. The van der Waals surface area contributed by atoms with Crippen molar-refractivity contribution < 1.29 is 18.7 Å². The van der Waals surface area contributed by atoms with Crippen LogP contribution in [0.1, 0.15) is 11.3 Å². The molecule has 1 N–H and O–H groups in total. The summed E-state index contributed by atoms with van der Waals surface area (Å²) in [6, 6.07) is 10.8. The van der Waals surface area contributed by atoms with Gasteiger partial charge in [0.15, 0.2) is 5.62 Å². The largest absolute Gasteiger partial charge is 0.486 e. The summed E-state index contributed by atoms with van der Waals surface area (Å²) < 4.78 is 10.8. The van der Waals surface area contributed by atoms with Gasteiger partial charge in [0.1, 0.15) is 18.1 Å². The molecule has 0 fully saturated rings. The van der Waals surface area contributed by atoms with Gasteiger partial charge < -0.3 is 14.5 Å². The van der Waals surface area contributed by atoms with Crippen LogP contribution in [-0.2, 0) is 16.2 Å². The Bertz CT molecular complexity index is 647. The van der Waals surface area contributed by atoms with Gasteiger partial charge in [-0.1, -0.05) is 12.1 Å². The molecule has 1 aromatic carbocycles. The van der Waals surface area contributed by atoms with Crippen LogP contribution in [0.25, 0.3) is 6.08 Å². The van der Waals surface area contributed by atoms with Gasteiger partial charge in [0, 0.05) is 7.05 Å². The van der Waals surface area contributed by atoms with E-state index in [0.29, 0.717) is 22.9 Å². The van der Waals surface area contributed by atoms with E-state index < -0.39 is 0 Å². The van der Waals surface area contributed by atoms with Crippen LogP contribution in [0.5, 0.6) is 5.75 Å². The Morgan fingerprint density at radius 3 is 2.68 bits per heavy atom. The first kappa shape index (κ1) is 15.9. The maximum absolute atomic E-state index is 11.6. The van der Waals surface area contributed by atoms with Crippen LogP contribution in [0, 0.1) is 0 Å². The lowest BCUT2D eigenvalue weighted by atomic mass is 10.2. The van der Waals surface area contributed by atoms with Crippen molar-refractivity contribution in [1.29, 1.82) is 0 Å².